The van der Waals surface area contributed by atoms with Crippen LogP contribution in [0.15, 0.2) is 30.5 Å². The number of aromatic nitrogens is 1. The van der Waals surface area contributed by atoms with Gasteiger partial charge in [-0.2, -0.15) is 0 Å². The van der Waals surface area contributed by atoms with E-state index in [1.165, 1.54) is 64.7 Å². The van der Waals surface area contributed by atoms with Gasteiger partial charge < -0.3 is 21.4 Å². The third kappa shape index (κ3) is 12.5. The van der Waals surface area contributed by atoms with Crippen molar-refractivity contribution in [2.24, 2.45) is 5.73 Å². The first-order valence-corrected chi connectivity index (χ1v) is 14.7. The van der Waals surface area contributed by atoms with Crippen molar-refractivity contribution < 1.29 is 19.2 Å². The largest absolute Gasteiger partial charge is 0.370 e. The molecule has 1 aromatic heterocycles. The maximum atomic E-state index is 13.2. The van der Waals surface area contributed by atoms with E-state index in [0.717, 1.165) is 35.7 Å². The summed E-state index contributed by atoms with van der Waals surface area (Å²) >= 11 is 0. The Balaban J connectivity index is 1.84. The quantitative estimate of drug-likeness (QED) is 0.161. The fraction of sp³-hybridized carbons (Fsp3) is 0.613. The number of para-hydroxylation sites is 1. The van der Waals surface area contributed by atoms with Crippen LogP contribution in [0.1, 0.15) is 109 Å². The van der Waals surface area contributed by atoms with Crippen molar-refractivity contribution in [2.75, 3.05) is 0 Å². The van der Waals surface area contributed by atoms with Gasteiger partial charge in [-0.05, 0) is 25.0 Å². The molecule has 0 fully saturated rings. The zero-order chi connectivity index (χ0) is 28.5. The van der Waals surface area contributed by atoms with Gasteiger partial charge in [0.05, 0.1) is 12.5 Å². The molecule has 0 bridgehead atoms. The molecule has 3 amide bonds. The van der Waals surface area contributed by atoms with Gasteiger partial charge in [-0.25, -0.2) is 0 Å². The van der Waals surface area contributed by atoms with Crippen LogP contribution >= 0.6 is 0 Å². The molecule has 216 valence electrons. The second-order valence-corrected chi connectivity index (χ2v) is 10.7. The van der Waals surface area contributed by atoms with Crippen LogP contribution in [0.2, 0.25) is 0 Å². The number of nitrogens with one attached hydrogen (secondary N) is 3. The van der Waals surface area contributed by atoms with Gasteiger partial charge in [-0.1, -0.05) is 95.8 Å². The third-order valence-corrected chi connectivity index (χ3v) is 7.22. The molecule has 1 heterocycles. The average Bonchev–Trinajstić information content (AvgIpc) is 3.31. The number of H-pyrrole nitrogens is 1. The van der Waals surface area contributed by atoms with Gasteiger partial charge in [0.1, 0.15) is 6.04 Å². The predicted molar refractivity (Wildman–Crippen MR) is 156 cm³/mol. The number of nitrogens with two attached hydrogens (primary N) is 1. The Hall–Kier alpha value is -3.16. The molecule has 0 aliphatic rings. The molecule has 0 aliphatic heterocycles. The van der Waals surface area contributed by atoms with E-state index in [4.69, 9.17) is 5.73 Å². The van der Waals surface area contributed by atoms with E-state index in [-0.39, 0.29) is 24.5 Å². The second kappa shape index (κ2) is 18.2. The molecule has 2 atom stereocenters. The molecule has 2 unspecified atom stereocenters. The molecule has 0 aliphatic carbocycles. The Morgan fingerprint density at radius 3 is 2.00 bits per heavy atom. The first kappa shape index (κ1) is 32.1. The summed E-state index contributed by atoms with van der Waals surface area (Å²) < 4.78 is 0. The van der Waals surface area contributed by atoms with Gasteiger partial charge in [-0.15, -0.1) is 0 Å². The number of rotatable bonds is 21. The summed E-state index contributed by atoms with van der Waals surface area (Å²) in [5, 5.41) is 6.44. The topological polar surface area (TPSA) is 134 Å². The Morgan fingerprint density at radius 2 is 1.41 bits per heavy atom. The first-order chi connectivity index (χ1) is 18.8. The highest BCUT2D eigenvalue weighted by Crippen LogP contribution is 2.19. The second-order valence-electron chi connectivity index (χ2n) is 10.7. The number of Topliss-reactive ketones (excluding diaryl/α,β-unsaturated/α-hetero) is 1. The smallest absolute Gasteiger partial charge is 0.243 e. The SMILES string of the molecule is CCCCCCCCCCCCCCC(=O)NC(Cc1c[nH]c2ccccc12)C(=O)NC(CC(N)=O)C(C)=O. The number of hydrogen-bond acceptors (Lipinski definition) is 4. The molecule has 0 saturated heterocycles. The molecule has 2 rings (SSSR count). The van der Waals surface area contributed by atoms with E-state index >= 15 is 0 Å². The Labute approximate surface area is 233 Å². The lowest BCUT2D eigenvalue weighted by molar-refractivity contribution is -0.132. The molecule has 0 saturated carbocycles. The minimum atomic E-state index is -1.02. The molecule has 8 heteroatoms. The standard InChI is InChI=1S/C31H48N4O4/c1-3-4-5-6-7-8-9-10-11-12-13-14-19-30(38)34-28(31(39)35-27(23(2)36)21-29(32)37)20-24-22-33-26-18-16-15-17-25(24)26/h15-18,22,27-28,33H,3-14,19-21H2,1-2H3,(H2,32,37)(H,34,38)(H,35,39). The van der Waals surface area contributed by atoms with Crippen LogP contribution in [-0.4, -0.2) is 40.6 Å². The van der Waals surface area contributed by atoms with Gasteiger partial charge in [0.25, 0.3) is 0 Å². The summed E-state index contributed by atoms with van der Waals surface area (Å²) in [5.41, 5.74) is 7.07. The van der Waals surface area contributed by atoms with Crippen LogP contribution in [0.25, 0.3) is 10.9 Å². The van der Waals surface area contributed by atoms with Crippen LogP contribution in [-0.2, 0) is 25.6 Å². The van der Waals surface area contributed by atoms with E-state index in [1.54, 1.807) is 0 Å². The van der Waals surface area contributed by atoms with Crippen molar-refractivity contribution in [1.82, 2.24) is 15.6 Å². The molecular formula is C31H48N4O4. The van der Waals surface area contributed by atoms with Crippen molar-refractivity contribution in [1.29, 1.82) is 0 Å². The predicted octanol–water partition coefficient (Wildman–Crippen LogP) is 5.24. The van der Waals surface area contributed by atoms with Crippen molar-refractivity contribution in [2.45, 2.75) is 122 Å². The van der Waals surface area contributed by atoms with Gasteiger partial charge in [0, 0.05) is 29.9 Å². The average molecular weight is 541 g/mol. The van der Waals surface area contributed by atoms with Crippen molar-refractivity contribution >= 4 is 34.4 Å². The number of hydrogen-bond donors (Lipinski definition) is 4. The number of aromatic amines is 1. The number of carbonyl (C=O) groups excluding carboxylic acids is 4. The number of benzene rings is 1. The summed E-state index contributed by atoms with van der Waals surface area (Å²) in [4.78, 5) is 52.5. The van der Waals surface area contributed by atoms with E-state index < -0.39 is 23.9 Å². The third-order valence-electron chi connectivity index (χ3n) is 7.22. The minimum absolute atomic E-state index is 0.198. The molecule has 39 heavy (non-hydrogen) atoms. The monoisotopic (exact) mass is 540 g/mol. The minimum Gasteiger partial charge on any atom is -0.370 e. The van der Waals surface area contributed by atoms with Crippen LogP contribution in [0.4, 0.5) is 0 Å². The molecular weight excluding hydrogens is 492 g/mol. The Kier molecular flexibility index (Phi) is 14.9. The zero-order valence-electron chi connectivity index (χ0n) is 23.9. The fourth-order valence-corrected chi connectivity index (χ4v) is 4.89. The summed E-state index contributed by atoms with van der Waals surface area (Å²) in [5.74, 6) is -1.75. The molecule has 1 aromatic carbocycles. The van der Waals surface area contributed by atoms with Crippen molar-refractivity contribution in [3.05, 3.63) is 36.0 Å². The highest BCUT2D eigenvalue weighted by molar-refractivity contribution is 5.95. The van der Waals surface area contributed by atoms with E-state index in [1.807, 2.05) is 30.5 Å². The number of primary amides is 1. The molecule has 0 radical (unpaired) electrons. The van der Waals surface area contributed by atoms with Gasteiger partial charge >= 0.3 is 0 Å². The summed E-state index contributed by atoms with van der Waals surface area (Å²) in [6.07, 6.45) is 16.7. The summed E-state index contributed by atoms with van der Waals surface area (Å²) in [7, 11) is 0. The highest BCUT2D eigenvalue weighted by Gasteiger charge is 2.27. The van der Waals surface area contributed by atoms with E-state index in [9.17, 15) is 19.2 Å². The number of unbranched alkanes of at least 4 members (excludes halogenated alkanes) is 11. The number of ketones is 1. The maximum Gasteiger partial charge on any atom is 0.243 e. The van der Waals surface area contributed by atoms with E-state index in [2.05, 4.69) is 22.5 Å². The molecule has 8 nitrogen and oxygen atoms in total. The lowest BCUT2D eigenvalue weighted by atomic mass is 10.0. The van der Waals surface area contributed by atoms with Gasteiger partial charge in [0.15, 0.2) is 5.78 Å². The fourth-order valence-electron chi connectivity index (χ4n) is 4.89. The number of carbonyl (C=O) groups is 4. The van der Waals surface area contributed by atoms with Crippen LogP contribution < -0.4 is 16.4 Å². The van der Waals surface area contributed by atoms with Crippen molar-refractivity contribution in [3.8, 4) is 0 Å². The number of amides is 3. The lowest BCUT2D eigenvalue weighted by Gasteiger charge is -2.22. The maximum absolute atomic E-state index is 13.2. The molecule has 0 spiro atoms. The summed E-state index contributed by atoms with van der Waals surface area (Å²) in [6.45, 7) is 3.54. The zero-order valence-corrected chi connectivity index (χ0v) is 23.9. The normalized spacial score (nSPS) is 12.7. The number of fused-ring (bicyclic) bond motifs is 1. The van der Waals surface area contributed by atoms with Gasteiger partial charge in [0.2, 0.25) is 17.7 Å². The van der Waals surface area contributed by atoms with Crippen LogP contribution in [0.5, 0.6) is 0 Å². The highest BCUT2D eigenvalue weighted by atomic mass is 16.2. The van der Waals surface area contributed by atoms with Gasteiger partial charge in [-0.3, -0.25) is 19.2 Å². The van der Waals surface area contributed by atoms with Crippen molar-refractivity contribution in [3.63, 3.8) is 0 Å². The molecule has 5 N–H and O–H groups in total. The Morgan fingerprint density at radius 1 is 0.821 bits per heavy atom. The van der Waals surface area contributed by atoms with E-state index in [0.29, 0.717) is 6.42 Å². The Bertz CT molecular complexity index is 1050. The first-order valence-electron chi connectivity index (χ1n) is 14.7. The summed E-state index contributed by atoms with van der Waals surface area (Å²) in [6, 6.07) is 5.83. The van der Waals surface area contributed by atoms with Crippen LogP contribution in [0, 0.1) is 0 Å². The van der Waals surface area contributed by atoms with Crippen LogP contribution in [0.3, 0.4) is 0 Å². The molecule has 2 aromatic rings. The lowest BCUT2D eigenvalue weighted by Crippen LogP contribution is -2.52.